The SMILES string of the molecule is Cc1cc(N)cc(S(=O)(=O)N2CCC(C(C)(C)C)C2)c1. The lowest BCUT2D eigenvalue weighted by molar-refractivity contribution is 0.252. The van der Waals surface area contributed by atoms with Crippen molar-refractivity contribution >= 4 is 15.7 Å². The first kappa shape index (κ1) is 15.3. The van der Waals surface area contributed by atoms with Crippen molar-refractivity contribution in [1.82, 2.24) is 4.31 Å². The summed E-state index contributed by atoms with van der Waals surface area (Å²) in [5.74, 6) is 0.402. The molecule has 1 aliphatic rings. The molecule has 1 heterocycles. The van der Waals surface area contributed by atoms with Crippen molar-refractivity contribution in [2.45, 2.75) is 39.0 Å². The van der Waals surface area contributed by atoms with Crippen LogP contribution < -0.4 is 5.73 Å². The smallest absolute Gasteiger partial charge is 0.243 e. The van der Waals surface area contributed by atoms with E-state index in [2.05, 4.69) is 20.8 Å². The van der Waals surface area contributed by atoms with Gasteiger partial charge in [-0.25, -0.2) is 8.42 Å². The summed E-state index contributed by atoms with van der Waals surface area (Å²) < 4.78 is 27.0. The lowest BCUT2D eigenvalue weighted by Crippen LogP contribution is -2.31. The van der Waals surface area contributed by atoms with Crippen LogP contribution in [-0.2, 0) is 10.0 Å². The summed E-state index contributed by atoms with van der Waals surface area (Å²) in [7, 11) is -3.42. The molecule has 0 radical (unpaired) electrons. The van der Waals surface area contributed by atoms with Crippen LogP contribution in [0.2, 0.25) is 0 Å². The number of rotatable bonds is 2. The number of benzene rings is 1. The Balaban J connectivity index is 2.28. The molecule has 0 saturated carbocycles. The van der Waals surface area contributed by atoms with E-state index in [4.69, 9.17) is 5.73 Å². The van der Waals surface area contributed by atoms with Crippen molar-refractivity contribution in [3.63, 3.8) is 0 Å². The predicted octanol–water partition coefficient (Wildman–Crippen LogP) is 2.63. The topological polar surface area (TPSA) is 63.4 Å². The van der Waals surface area contributed by atoms with Crippen LogP contribution in [0.5, 0.6) is 0 Å². The Hall–Kier alpha value is -1.07. The molecular formula is C15H24N2O2S. The monoisotopic (exact) mass is 296 g/mol. The van der Waals surface area contributed by atoms with Gasteiger partial charge in [0.2, 0.25) is 10.0 Å². The molecule has 4 nitrogen and oxygen atoms in total. The third-order valence-corrected chi connectivity index (χ3v) is 5.93. The van der Waals surface area contributed by atoms with E-state index in [1.165, 1.54) is 0 Å². The highest BCUT2D eigenvalue weighted by Crippen LogP contribution is 2.36. The Bertz CT molecular complexity index is 583. The zero-order valence-corrected chi connectivity index (χ0v) is 13.5. The first-order valence-electron chi connectivity index (χ1n) is 6.98. The molecule has 0 aliphatic carbocycles. The largest absolute Gasteiger partial charge is 0.399 e. The zero-order chi connectivity index (χ0) is 15.1. The Morgan fingerprint density at radius 2 is 1.90 bits per heavy atom. The Labute approximate surface area is 122 Å². The van der Waals surface area contributed by atoms with Crippen LogP contribution in [-0.4, -0.2) is 25.8 Å². The first-order valence-corrected chi connectivity index (χ1v) is 8.42. The van der Waals surface area contributed by atoms with Gasteiger partial charge in [0.05, 0.1) is 4.90 Å². The van der Waals surface area contributed by atoms with Gasteiger partial charge < -0.3 is 5.73 Å². The zero-order valence-electron chi connectivity index (χ0n) is 12.7. The van der Waals surface area contributed by atoms with Crippen LogP contribution in [0.15, 0.2) is 23.1 Å². The molecule has 1 aromatic carbocycles. The number of sulfonamides is 1. The summed E-state index contributed by atoms with van der Waals surface area (Å²) in [6.45, 7) is 9.55. The molecule has 0 amide bonds. The fourth-order valence-electron chi connectivity index (χ4n) is 2.73. The number of hydrogen-bond donors (Lipinski definition) is 1. The fourth-order valence-corrected chi connectivity index (χ4v) is 4.37. The Kier molecular flexibility index (Phi) is 3.86. The van der Waals surface area contributed by atoms with E-state index >= 15 is 0 Å². The second-order valence-electron chi connectivity index (χ2n) is 6.79. The molecule has 1 fully saturated rings. The third kappa shape index (κ3) is 2.99. The molecule has 2 N–H and O–H groups in total. The van der Waals surface area contributed by atoms with E-state index in [0.717, 1.165) is 12.0 Å². The number of nitrogen functional groups attached to an aromatic ring is 1. The third-order valence-electron chi connectivity index (χ3n) is 4.09. The van der Waals surface area contributed by atoms with Crippen LogP contribution in [0.3, 0.4) is 0 Å². The van der Waals surface area contributed by atoms with E-state index in [1.807, 2.05) is 6.92 Å². The molecule has 5 heteroatoms. The molecule has 20 heavy (non-hydrogen) atoms. The van der Waals surface area contributed by atoms with Crippen molar-refractivity contribution in [2.75, 3.05) is 18.8 Å². The highest BCUT2D eigenvalue weighted by Gasteiger charge is 2.37. The molecular weight excluding hydrogens is 272 g/mol. The second-order valence-corrected chi connectivity index (χ2v) is 8.73. The Morgan fingerprint density at radius 3 is 2.40 bits per heavy atom. The van der Waals surface area contributed by atoms with Crippen LogP contribution >= 0.6 is 0 Å². The van der Waals surface area contributed by atoms with E-state index in [0.29, 0.717) is 29.6 Å². The quantitative estimate of drug-likeness (QED) is 0.853. The summed E-state index contributed by atoms with van der Waals surface area (Å²) in [6, 6.07) is 5.02. The molecule has 0 aromatic heterocycles. The predicted molar refractivity (Wildman–Crippen MR) is 81.9 cm³/mol. The lowest BCUT2D eigenvalue weighted by Gasteiger charge is -2.27. The molecule has 2 rings (SSSR count). The number of hydrogen-bond acceptors (Lipinski definition) is 3. The van der Waals surface area contributed by atoms with Gasteiger partial charge in [0, 0.05) is 18.8 Å². The number of aryl methyl sites for hydroxylation is 1. The standard InChI is InChI=1S/C15H24N2O2S/c1-11-7-13(16)9-14(8-11)20(18,19)17-6-5-12(10-17)15(2,3)4/h7-9,12H,5-6,10,16H2,1-4H3. The van der Waals surface area contributed by atoms with Crippen LogP contribution in [0.1, 0.15) is 32.8 Å². The van der Waals surface area contributed by atoms with Crippen molar-refractivity contribution < 1.29 is 8.42 Å². The van der Waals surface area contributed by atoms with Gasteiger partial charge in [0.25, 0.3) is 0 Å². The average Bonchev–Trinajstić information content (AvgIpc) is 2.76. The molecule has 1 atom stereocenters. The lowest BCUT2D eigenvalue weighted by atomic mass is 9.80. The molecule has 1 aromatic rings. The average molecular weight is 296 g/mol. The van der Waals surface area contributed by atoms with E-state index in [-0.39, 0.29) is 5.41 Å². The van der Waals surface area contributed by atoms with Crippen LogP contribution in [0.4, 0.5) is 5.69 Å². The highest BCUT2D eigenvalue weighted by atomic mass is 32.2. The van der Waals surface area contributed by atoms with Crippen molar-refractivity contribution in [2.24, 2.45) is 11.3 Å². The molecule has 0 bridgehead atoms. The van der Waals surface area contributed by atoms with Gasteiger partial charge in [-0.15, -0.1) is 0 Å². The fraction of sp³-hybridized carbons (Fsp3) is 0.600. The maximum absolute atomic E-state index is 12.7. The Morgan fingerprint density at radius 1 is 1.25 bits per heavy atom. The van der Waals surface area contributed by atoms with Gasteiger partial charge >= 0.3 is 0 Å². The van der Waals surface area contributed by atoms with Gasteiger partial charge in [-0.1, -0.05) is 20.8 Å². The highest BCUT2D eigenvalue weighted by molar-refractivity contribution is 7.89. The maximum Gasteiger partial charge on any atom is 0.243 e. The number of nitrogens with two attached hydrogens (primary N) is 1. The minimum absolute atomic E-state index is 0.135. The van der Waals surface area contributed by atoms with E-state index in [1.54, 1.807) is 22.5 Å². The van der Waals surface area contributed by atoms with Gasteiger partial charge in [0.15, 0.2) is 0 Å². The second kappa shape index (κ2) is 5.04. The van der Waals surface area contributed by atoms with Crippen molar-refractivity contribution in [3.05, 3.63) is 23.8 Å². The van der Waals surface area contributed by atoms with Gasteiger partial charge in [-0.05, 0) is 48.4 Å². The normalized spacial score (nSPS) is 21.3. The van der Waals surface area contributed by atoms with Gasteiger partial charge in [0.1, 0.15) is 0 Å². The van der Waals surface area contributed by atoms with E-state index < -0.39 is 10.0 Å². The van der Waals surface area contributed by atoms with Crippen LogP contribution in [0.25, 0.3) is 0 Å². The van der Waals surface area contributed by atoms with Crippen LogP contribution in [0, 0.1) is 18.3 Å². The van der Waals surface area contributed by atoms with Gasteiger partial charge in [-0.3, -0.25) is 0 Å². The molecule has 1 aliphatic heterocycles. The molecule has 1 saturated heterocycles. The van der Waals surface area contributed by atoms with E-state index in [9.17, 15) is 8.42 Å². The summed E-state index contributed by atoms with van der Waals surface area (Å²) >= 11 is 0. The maximum atomic E-state index is 12.7. The van der Waals surface area contributed by atoms with Crippen molar-refractivity contribution in [3.8, 4) is 0 Å². The number of anilines is 1. The molecule has 112 valence electrons. The minimum atomic E-state index is -3.42. The number of nitrogens with zero attached hydrogens (tertiary/aromatic N) is 1. The molecule has 1 unspecified atom stereocenters. The summed E-state index contributed by atoms with van der Waals surface area (Å²) in [4.78, 5) is 0.310. The summed E-state index contributed by atoms with van der Waals surface area (Å²) in [5.41, 5.74) is 7.27. The van der Waals surface area contributed by atoms with Crippen molar-refractivity contribution in [1.29, 1.82) is 0 Å². The van der Waals surface area contributed by atoms with Gasteiger partial charge in [-0.2, -0.15) is 4.31 Å². The molecule has 0 spiro atoms. The minimum Gasteiger partial charge on any atom is -0.399 e. The summed E-state index contributed by atoms with van der Waals surface area (Å²) in [5, 5.41) is 0. The first-order chi connectivity index (χ1) is 9.10. The summed E-state index contributed by atoms with van der Waals surface area (Å²) in [6.07, 6.45) is 0.921.